The molecule has 0 bridgehead atoms. The van der Waals surface area contributed by atoms with Crippen molar-refractivity contribution in [1.82, 2.24) is 9.99 Å². The van der Waals surface area contributed by atoms with Crippen LogP contribution in [0.25, 0.3) is 16.5 Å². The Kier molecular flexibility index (Phi) is 5.98. The topological polar surface area (TPSA) is 64.8 Å². The minimum absolute atomic E-state index is 0.121. The van der Waals surface area contributed by atoms with Crippen LogP contribution in [0.3, 0.4) is 0 Å². The molecule has 1 amide bonds. The van der Waals surface area contributed by atoms with Gasteiger partial charge >= 0.3 is 0 Å². The molecule has 0 saturated carbocycles. The van der Waals surface area contributed by atoms with Crippen LogP contribution >= 0.6 is 0 Å². The summed E-state index contributed by atoms with van der Waals surface area (Å²) in [7, 11) is 1.64. The summed E-state index contributed by atoms with van der Waals surface area (Å²) in [6.07, 6.45) is 1.62. The van der Waals surface area contributed by atoms with Gasteiger partial charge in [-0.05, 0) is 54.8 Å². The van der Waals surface area contributed by atoms with Crippen molar-refractivity contribution in [2.45, 2.75) is 6.92 Å². The minimum atomic E-state index is -0.330. The van der Waals surface area contributed by atoms with E-state index >= 15 is 0 Å². The summed E-state index contributed by atoms with van der Waals surface area (Å²) in [4.78, 5) is 12.2. The number of hydrogen-bond acceptors (Lipinski definition) is 4. The molecular formula is C25H23N3O3. The van der Waals surface area contributed by atoms with Gasteiger partial charge in [-0.25, -0.2) is 5.43 Å². The van der Waals surface area contributed by atoms with Crippen molar-refractivity contribution in [2.24, 2.45) is 5.10 Å². The Labute approximate surface area is 180 Å². The van der Waals surface area contributed by atoms with Crippen molar-refractivity contribution in [3.8, 4) is 17.2 Å². The fourth-order valence-electron chi connectivity index (χ4n) is 3.41. The number of carbonyl (C=O) groups is 1. The fourth-order valence-corrected chi connectivity index (χ4v) is 3.41. The molecule has 3 aromatic carbocycles. The molecule has 0 aliphatic rings. The highest BCUT2D eigenvalue weighted by Gasteiger charge is 2.07. The Hall–Kier alpha value is -4.06. The van der Waals surface area contributed by atoms with Gasteiger partial charge in [0.1, 0.15) is 11.5 Å². The number of amides is 1. The Morgan fingerprint density at radius 2 is 1.77 bits per heavy atom. The number of hydrogen-bond donors (Lipinski definition) is 1. The zero-order valence-electron chi connectivity index (χ0n) is 17.4. The first kappa shape index (κ1) is 20.2. The SMILES string of the molecule is COc1ccc(-n2c(C)ccc2/C=N\NC(=O)COc2cccc3ccccc23)cc1. The second kappa shape index (κ2) is 9.17. The molecule has 0 spiro atoms. The molecular weight excluding hydrogens is 390 g/mol. The first-order valence-electron chi connectivity index (χ1n) is 9.91. The molecule has 4 rings (SSSR count). The number of nitrogens with one attached hydrogen (secondary N) is 1. The predicted molar refractivity (Wildman–Crippen MR) is 122 cm³/mol. The number of rotatable bonds is 7. The highest BCUT2D eigenvalue weighted by molar-refractivity contribution is 5.89. The maximum atomic E-state index is 12.2. The number of aromatic nitrogens is 1. The van der Waals surface area contributed by atoms with E-state index in [1.54, 1.807) is 13.3 Å². The molecule has 0 atom stereocenters. The van der Waals surface area contributed by atoms with Crippen molar-refractivity contribution in [3.05, 3.63) is 90.3 Å². The van der Waals surface area contributed by atoms with E-state index < -0.39 is 0 Å². The van der Waals surface area contributed by atoms with E-state index in [1.807, 2.05) is 90.4 Å². The second-order valence-corrected chi connectivity index (χ2v) is 6.99. The monoisotopic (exact) mass is 413 g/mol. The Balaban J connectivity index is 1.40. The third kappa shape index (κ3) is 4.59. The van der Waals surface area contributed by atoms with Gasteiger partial charge in [-0.1, -0.05) is 36.4 Å². The molecule has 6 nitrogen and oxygen atoms in total. The zero-order chi connectivity index (χ0) is 21.6. The Morgan fingerprint density at radius 3 is 2.58 bits per heavy atom. The molecule has 0 aliphatic heterocycles. The molecule has 0 aliphatic carbocycles. The standard InChI is InChI=1S/C25H23N3O3/c1-18-10-11-21(28(18)20-12-14-22(30-2)15-13-20)16-26-27-25(29)17-31-24-9-5-7-19-6-3-4-8-23(19)24/h3-16H,17H2,1-2H3,(H,27,29)/b26-16-. The van der Waals surface area contributed by atoms with Gasteiger partial charge in [0.15, 0.2) is 6.61 Å². The van der Waals surface area contributed by atoms with Gasteiger partial charge in [-0.2, -0.15) is 5.10 Å². The van der Waals surface area contributed by atoms with Gasteiger partial charge in [0.2, 0.25) is 0 Å². The van der Waals surface area contributed by atoms with Gasteiger partial charge in [-0.3, -0.25) is 4.79 Å². The number of nitrogens with zero attached hydrogens (tertiary/aromatic N) is 2. The summed E-state index contributed by atoms with van der Waals surface area (Å²) < 4.78 is 13.0. The van der Waals surface area contributed by atoms with E-state index in [0.717, 1.165) is 33.6 Å². The highest BCUT2D eigenvalue weighted by atomic mass is 16.5. The molecule has 4 aromatic rings. The predicted octanol–water partition coefficient (Wildman–Crippen LogP) is 4.48. The third-order valence-electron chi connectivity index (χ3n) is 4.93. The van der Waals surface area contributed by atoms with Crippen LogP contribution in [0.1, 0.15) is 11.4 Å². The van der Waals surface area contributed by atoms with E-state index in [9.17, 15) is 4.79 Å². The van der Waals surface area contributed by atoms with Crippen LogP contribution in [0.2, 0.25) is 0 Å². The maximum absolute atomic E-state index is 12.2. The molecule has 156 valence electrons. The molecule has 0 unspecified atom stereocenters. The van der Waals surface area contributed by atoms with Crippen molar-refractivity contribution in [1.29, 1.82) is 0 Å². The number of fused-ring (bicyclic) bond motifs is 1. The molecule has 31 heavy (non-hydrogen) atoms. The van der Waals surface area contributed by atoms with Crippen molar-refractivity contribution >= 4 is 22.9 Å². The quantitative estimate of drug-likeness (QED) is 0.359. The van der Waals surface area contributed by atoms with E-state index in [4.69, 9.17) is 9.47 Å². The van der Waals surface area contributed by atoms with Gasteiger partial charge < -0.3 is 14.0 Å². The lowest BCUT2D eigenvalue weighted by Crippen LogP contribution is -2.24. The van der Waals surface area contributed by atoms with Gasteiger partial charge in [0.05, 0.1) is 19.0 Å². The maximum Gasteiger partial charge on any atom is 0.277 e. The third-order valence-corrected chi connectivity index (χ3v) is 4.93. The summed E-state index contributed by atoms with van der Waals surface area (Å²) >= 11 is 0. The second-order valence-electron chi connectivity index (χ2n) is 6.99. The van der Waals surface area contributed by atoms with Gasteiger partial charge in [0.25, 0.3) is 5.91 Å². The number of hydrazone groups is 1. The largest absolute Gasteiger partial charge is 0.497 e. The minimum Gasteiger partial charge on any atom is -0.497 e. The average molecular weight is 413 g/mol. The molecule has 1 N–H and O–H groups in total. The van der Waals surface area contributed by atoms with Crippen molar-refractivity contribution in [3.63, 3.8) is 0 Å². The van der Waals surface area contributed by atoms with Gasteiger partial charge in [-0.15, -0.1) is 0 Å². The van der Waals surface area contributed by atoms with Crippen LogP contribution < -0.4 is 14.9 Å². The number of methoxy groups -OCH3 is 1. The lowest BCUT2D eigenvalue weighted by atomic mass is 10.1. The summed E-state index contributed by atoms with van der Waals surface area (Å²) in [6, 6.07) is 25.3. The van der Waals surface area contributed by atoms with Crippen LogP contribution in [0.5, 0.6) is 11.5 Å². The highest BCUT2D eigenvalue weighted by Crippen LogP contribution is 2.25. The zero-order valence-corrected chi connectivity index (χ0v) is 17.4. The molecule has 6 heteroatoms. The smallest absolute Gasteiger partial charge is 0.277 e. The van der Waals surface area contributed by atoms with Crippen molar-refractivity contribution in [2.75, 3.05) is 13.7 Å². The normalized spacial score (nSPS) is 11.0. The molecule has 1 aromatic heterocycles. The van der Waals surface area contributed by atoms with Crippen LogP contribution in [0.15, 0.2) is 84.0 Å². The molecule has 0 fully saturated rings. The number of ether oxygens (including phenoxy) is 2. The lowest BCUT2D eigenvalue weighted by molar-refractivity contribution is -0.123. The number of benzene rings is 3. The van der Waals surface area contributed by atoms with Gasteiger partial charge in [0, 0.05) is 16.8 Å². The summed E-state index contributed by atoms with van der Waals surface area (Å²) in [6.45, 7) is 1.89. The molecule has 0 radical (unpaired) electrons. The summed E-state index contributed by atoms with van der Waals surface area (Å²) in [5.41, 5.74) is 5.41. The van der Waals surface area contributed by atoms with Crippen LogP contribution in [0.4, 0.5) is 0 Å². The Bertz CT molecular complexity index is 1220. The van der Waals surface area contributed by atoms with E-state index in [-0.39, 0.29) is 12.5 Å². The lowest BCUT2D eigenvalue weighted by Gasteiger charge is -2.10. The van der Waals surface area contributed by atoms with E-state index in [2.05, 4.69) is 10.5 Å². The molecule has 0 saturated heterocycles. The number of aryl methyl sites for hydroxylation is 1. The molecule has 1 heterocycles. The van der Waals surface area contributed by atoms with E-state index in [0.29, 0.717) is 5.75 Å². The number of carbonyl (C=O) groups excluding carboxylic acids is 1. The van der Waals surface area contributed by atoms with Crippen molar-refractivity contribution < 1.29 is 14.3 Å². The summed E-state index contributed by atoms with van der Waals surface area (Å²) in [5.74, 6) is 1.13. The fraction of sp³-hybridized carbons (Fsp3) is 0.120. The summed E-state index contributed by atoms with van der Waals surface area (Å²) in [5, 5.41) is 6.13. The van der Waals surface area contributed by atoms with Crippen LogP contribution in [-0.4, -0.2) is 30.4 Å². The Morgan fingerprint density at radius 1 is 1.00 bits per heavy atom. The van der Waals surface area contributed by atoms with Crippen LogP contribution in [-0.2, 0) is 4.79 Å². The first-order chi connectivity index (χ1) is 15.2. The van der Waals surface area contributed by atoms with E-state index in [1.165, 1.54) is 0 Å². The first-order valence-corrected chi connectivity index (χ1v) is 9.91. The van der Waals surface area contributed by atoms with Crippen LogP contribution in [0, 0.1) is 6.92 Å². The average Bonchev–Trinajstić information content (AvgIpc) is 3.17.